The van der Waals surface area contributed by atoms with Crippen LogP contribution in [-0.2, 0) is 6.42 Å². The van der Waals surface area contributed by atoms with E-state index in [1.165, 1.54) is 5.56 Å². The minimum absolute atomic E-state index is 0.234. The maximum Gasteiger partial charge on any atom is 0.673 e. The van der Waals surface area contributed by atoms with Gasteiger partial charge in [0.25, 0.3) is 0 Å². The molecule has 4 aromatic rings. The molecule has 4 rings (SSSR count). The van der Waals surface area contributed by atoms with Gasteiger partial charge in [0.15, 0.2) is 0 Å². The number of hydrogen-bond acceptors (Lipinski definition) is 2. The Bertz CT molecular complexity index is 1230. The van der Waals surface area contributed by atoms with Gasteiger partial charge in [-0.05, 0) is 30.2 Å². The summed E-state index contributed by atoms with van der Waals surface area (Å²) < 4.78 is 45.2. The van der Waals surface area contributed by atoms with Crippen LogP contribution in [0.4, 0.5) is 23.0 Å². The Balaban J connectivity index is 0.000000491. The van der Waals surface area contributed by atoms with E-state index in [9.17, 15) is 22.4 Å². The fourth-order valence-electron chi connectivity index (χ4n) is 3.04. The van der Waals surface area contributed by atoms with Gasteiger partial charge in [-0.15, -0.1) is 0 Å². The van der Waals surface area contributed by atoms with Crippen LogP contribution < -0.4 is 10.3 Å². The predicted octanol–water partition coefficient (Wildman–Crippen LogP) is 4.98. The van der Waals surface area contributed by atoms with Gasteiger partial charge in [0, 0.05) is 11.6 Å². The molecule has 0 saturated carbocycles. The number of aromatic hydroxyl groups is 1. The van der Waals surface area contributed by atoms with Crippen LogP contribution in [0.15, 0.2) is 83.3 Å². The number of aryl methyl sites for hydroxylation is 1. The van der Waals surface area contributed by atoms with Crippen LogP contribution in [0.5, 0.6) is 5.75 Å². The minimum Gasteiger partial charge on any atom is -0.508 e. The molecule has 0 amide bonds. The summed E-state index contributed by atoms with van der Waals surface area (Å²) in [4.78, 5) is 3.43. The third-order valence-corrected chi connectivity index (χ3v) is 4.42. The zero-order valence-electron chi connectivity index (χ0n) is 16.7. The van der Waals surface area contributed by atoms with Crippen molar-refractivity contribution in [2.45, 2.75) is 13.3 Å². The molecule has 0 bridgehead atoms. The minimum atomic E-state index is -6.00. The SMILES string of the molecule is CCc1ccc2oc(-c3ccccc3)cc(=[NH+]c3cccc(O)c3)c2c1.F[B-](F)(F)F. The van der Waals surface area contributed by atoms with Crippen molar-refractivity contribution in [3.05, 3.63) is 89.8 Å². The molecule has 0 unspecified atom stereocenters. The maximum absolute atomic E-state index is 9.76. The van der Waals surface area contributed by atoms with Crippen LogP contribution in [0, 0.1) is 0 Å². The van der Waals surface area contributed by atoms with E-state index in [-0.39, 0.29) is 5.75 Å². The van der Waals surface area contributed by atoms with E-state index in [4.69, 9.17) is 4.42 Å². The van der Waals surface area contributed by atoms with Crippen LogP contribution in [0.3, 0.4) is 0 Å². The van der Waals surface area contributed by atoms with E-state index in [0.29, 0.717) is 0 Å². The van der Waals surface area contributed by atoms with E-state index in [1.54, 1.807) is 12.1 Å². The average Bonchev–Trinajstić information content (AvgIpc) is 2.73. The van der Waals surface area contributed by atoms with Crippen molar-refractivity contribution in [3.8, 4) is 17.1 Å². The lowest BCUT2D eigenvalue weighted by Gasteiger charge is -2.04. The first kappa shape index (κ1) is 22.1. The fourth-order valence-corrected chi connectivity index (χ4v) is 3.04. The van der Waals surface area contributed by atoms with Crippen molar-refractivity contribution >= 4 is 23.9 Å². The van der Waals surface area contributed by atoms with Gasteiger partial charge in [0.2, 0.25) is 11.0 Å². The van der Waals surface area contributed by atoms with Gasteiger partial charge in [-0.3, -0.25) is 0 Å². The third-order valence-electron chi connectivity index (χ3n) is 4.42. The number of rotatable bonds is 3. The molecular formula is C23H20BF4NO2. The molecule has 1 aromatic heterocycles. The van der Waals surface area contributed by atoms with E-state index in [1.807, 2.05) is 54.6 Å². The normalized spacial score (nSPS) is 11.8. The average molecular weight is 429 g/mol. The maximum atomic E-state index is 9.76. The molecule has 0 atom stereocenters. The molecule has 160 valence electrons. The Morgan fingerprint density at radius 1 is 0.871 bits per heavy atom. The second-order valence-electron chi connectivity index (χ2n) is 6.74. The quantitative estimate of drug-likeness (QED) is 0.357. The molecule has 0 spiro atoms. The number of phenols is 1. The Morgan fingerprint density at radius 2 is 1.58 bits per heavy atom. The third kappa shape index (κ3) is 6.47. The van der Waals surface area contributed by atoms with Crippen LogP contribution in [0.2, 0.25) is 0 Å². The number of halogens is 4. The molecule has 0 radical (unpaired) electrons. The Morgan fingerprint density at radius 3 is 2.23 bits per heavy atom. The summed E-state index contributed by atoms with van der Waals surface area (Å²) >= 11 is 0. The summed E-state index contributed by atoms with van der Waals surface area (Å²) in [5.41, 5.74) is 3.93. The first-order valence-corrected chi connectivity index (χ1v) is 9.61. The highest BCUT2D eigenvalue weighted by molar-refractivity contribution is 6.50. The van der Waals surface area contributed by atoms with Gasteiger partial charge in [-0.1, -0.05) is 49.4 Å². The van der Waals surface area contributed by atoms with E-state index in [0.717, 1.165) is 39.8 Å². The summed E-state index contributed by atoms with van der Waals surface area (Å²) in [7, 11) is -6.00. The number of fused-ring (bicyclic) bond motifs is 1. The Labute approximate surface area is 176 Å². The smallest absolute Gasteiger partial charge is 0.508 e. The topological polar surface area (TPSA) is 47.3 Å². The molecule has 0 aliphatic rings. The zero-order valence-corrected chi connectivity index (χ0v) is 16.7. The standard InChI is InChI=1S/C23H19NO2.BF4/c1-2-16-11-12-22-20(13-16)21(24-18-9-6-10-19(25)14-18)15-23(26-22)17-7-4-3-5-8-17;2-1(3,4)5/h3-15,25H,2H2,1H3;/q;-1/p+1. The van der Waals surface area contributed by atoms with E-state index >= 15 is 0 Å². The lowest BCUT2D eigenvalue weighted by Crippen LogP contribution is -2.70. The highest BCUT2D eigenvalue weighted by Gasteiger charge is 2.20. The summed E-state index contributed by atoms with van der Waals surface area (Å²) in [6, 6.07) is 25.5. The van der Waals surface area contributed by atoms with E-state index in [2.05, 4.69) is 24.0 Å². The number of benzene rings is 3. The van der Waals surface area contributed by atoms with Gasteiger partial charge >= 0.3 is 7.25 Å². The van der Waals surface area contributed by atoms with E-state index < -0.39 is 7.25 Å². The lowest BCUT2D eigenvalue weighted by molar-refractivity contribution is -0.401. The number of hydrogen-bond donors (Lipinski definition) is 2. The first-order valence-electron chi connectivity index (χ1n) is 9.61. The summed E-state index contributed by atoms with van der Waals surface area (Å²) in [5, 5.41) is 11.7. The molecule has 0 aliphatic heterocycles. The predicted molar refractivity (Wildman–Crippen MR) is 113 cm³/mol. The van der Waals surface area contributed by atoms with Gasteiger partial charge in [-0.25, -0.2) is 4.99 Å². The van der Waals surface area contributed by atoms with Crippen LogP contribution in [0.25, 0.3) is 22.3 Å². The highest BCUT2D eigenvalue weighted by Crippen LogP contribution is 2.22. The van der Waals surface area contributed by atoms with Gasteiger partial charge in [0.05, 0.1) is 17.5 Å². The Kier molecular flexibility index (Phi) is 6.79. The highest BCUT2D eigenvalue weighted by atomic mass is 19.5. The molecule has 2 N–H and O–H groups in total. The van der Waals surface area contributed by atoms with Crippen molar-refractivity contribution in [1.82, 2.24) is 0 Å². The van der Waals surface area contributed by atoms with Crippen molar-refractivity contribution < 1.29 is 31.8 Å². The molecule has 3 nitrogen and oxygen atoms in total. The molecule has 31 heavy (non-hydrogen) atoms. The molecule has 1 heterocycles. The van der Waals surface area contributed by atoms with Crippen LogP contribution in [-0.4, -0.2) is 12.4 Å². The second kappa shape index (κ2) is 9.51. The largest absolute Gasteiger partial charge is 0.673 e. The summed E-state index contributed by atoms with van der Waals surface area (Å²) in [6.45, 7) is 2.14. The molecule has 3 aromatic carbocycles. The second-order valence-corrected chi connectivity index (χ2v) is 6.74. The lowest BCUT2D eigenvalue weighted by atomic mass is 10.1. The molecule has 0 aliphatic carbocycles. The molecule has 8 heteroatoms. The monoisotopic (exact) mass is 429 g/mol. The molecule has 0 saturated heterocycles. The molecule has 0 fully saturated rings. The van der Waals surface area contributed by atoms with Crippen molar-refractivity contribution in [1.29, 1.82) is 0 Å². The van der Waals surface area contributed by atoms with Crippen molar-refractivity contribution in [2.75, 3.05) is 0 Å². The van der Waals surface area contributed by atoms with Crippen molar-refractivity contribution in [2.24, 2.45) is 0 Å². The number of phenolic OH excluding ortho intramolecular Hbond substituents is 1. The van der Waals surface area contributed by atoms with Crippen molar-refractivity contribution in [3.63, 3.8) is 0 Å². The van der Waals surface area contributed by atoms with Gasteiger partial charge < -0.3 is 26.8 Å². The van der Waals surface area contributed by atoms with Gasteiger partial charge in [0.1, 0.15) is 17.1 Å². The fraction of sp³-hybridized carbons (Fsp3) is 0.0870. The summed E-state index contributed by atoms with van der Waals surface area (Å²) in [5.74, 6) is 1.03. The Hall–Kier alpha value is -3.55. The zero-order chi connectivity index (χ0) is 22.4. The first-order chi connectivity index (χ1) is 14.7. The van der Waals surface area contributed by atoms with Crippen LogP contribution in [0.1, 0.15) is 12.5 Å². The van der Waals surface area contributed by atoms with Gasteiger partial charge in [-0.2, -0.15) is 0 Å². The number of nitrogens with one attached hydrogen (secondary N) is 1. The molecular weight excluding hydrogens is 409 g/mol. The van der Waals surface area contributed by atoms with Crippen LogP contribution >= 0.6 is 0 Å². The summed E-state index contributed by atoms with van der Waals surface area (Å²) in [6.07, 6.45) is 0.960.